The van der Waals surface area contributed by atoms with Crippen molar-refractivity contribution in [2.75, 3.05) is 10.6 Å². The average molecular weight is 618 g/mol. The van der Waals surface area contributed by atoms with Crippen LogP contribution in [0.4, 0.5) is 11.4 Å². The highest BCUT2D eigenvalue weighted by atomic mass is 32.2. The highest BCUT2D eigenvalue weighted by molar-refractivity contribution is 8.00. The van der Waals surface area contributed by atoms with Gasteiger partial charge < -0.3 is 16.0 Å². The molecule has 220 valence electrons. The Balaban J connectivity index is 1.30. The zero-order chi connectivity index (χ0) is 30.9. The Bertz CT molecular complexity index is 1770. The van der Waals surface area contributed by atoms with E-state index < -0.39 is 11.2 Å². The Labute approximate surface area is 265 Å². The smallest absolute Gasteiger partial charge is 0.272 e. The van der Waals surface area contributed by atoms with E-state index in [0.717, 1.165) is 32.8 Å². The molecule has 0 saturated carbocycles. The Morgan fingerprint density at radius 1 is 0.750 bits per heavy atom. The van der Waals surface area contributed by atoms with Gasteiger partial charge in [0, 0.05) is 21.8 Å². The average Bonchev–Trinajstić information content (AvgIpc) is 3.56. The highest BCUT2D eigenvalue weighted by Gasteiger charge is 2.23. The molecule has 1 aromatic heterocycles. The molecule has 0 fully saturated rings. The largest absolute Gasteiger partial charge is 0.325 e. The van der Waals surface area contributed by atoms with Crippen LogP contribution in [0.5, 0.6) is 0 Å². The van der Waals surface area contributed by atoms with Crippen molar-refractivity contribution in [3.05, 3.63) is 153 Å². The second-order valence-electron chi connectivity index (χ2n) is 10.1. The van der Waals surface area contributed by atoms with E-state index in [4.69, 9.17) is 0 Å². The maximum atomic E-state index is 13.5. The van der Waals surface area contributed by atoms with E-state index in [2.05, 4.69) is 16.0 Å². The van der Waals surface area contributed by atoms with E-state index in [1.165, 1.54) is 23.1 Å². The second-order valence-corrected chi connectivity index (χ2v) is 12.1. The third-order valence-corrected chi connectivity index (χ3v) is 8.83. The van der Waals surface area contributed by atoms with Gasteiger partial charge in [0.25, 0.3) is 11.8 Å². The standard InChI is InChI=1S/C36H31N3O3S2/c1-24-13-14-30(21-25(24)2)38-36(42)33(27-9-5-3-6-10-27)44-31-17-15-29(16-18-31)37-35(41)32(22-26-19-20-43-23-26)39-34(40)28-11-7-4-8-12-28/h3-23,33H,1-2H3,(H,37,41)(H,38,42)(H,39,40)/b32-22-. The summed E-state index contributed by atoms with van der Waals surface area (Å²) in [6.07, 6.45) is 1.65. The third-order valence-electron chi connectivity index (χ3n) is 6.86. The first-order valence-corrected chi connectivity index (χ1v) is 15.8. The van der Waals surface area contributed by atoms with Crippen molar-refractivity contribution in [2.24, 2.45) is 0 Å². The maximum Gasteiger partial charge on any atom is 0.272 e. The highest BCUT2D eigenvalue weighted by Crippen LogP contribution is 2.37. The number of carbonyl (C=O) groups is 3. The lowest BCUT2D eigenvalue weighted by atomic mass is 10.1. The molecule has 6 nitrogen and oxygen atoms in total. The molecular weight excluding hydrogens is 587 g/mol. The summed E-state index contributed by atoms with van der Waals surface area (Å²) in [6.45, 7) is 4.06. The quantitative estimate of drug-likeness (QED) is 0.109. The molecule has 0 aliphatic carbocycles. The Hall–Kier alpha value is -4.92. The monoisotopic (exact) mass is 617 g/mol. The molecule has 3 N–H and O–H groups in total. The number of rotatable bonds is 10. The summed E-state index contributed by atoms with van der Waals surface area (Å²) in [6, 6.07) is 33.4. The summed E-state index contributed by atoms with van der Waals surface area (Å²) < 4.78 is 0. The lowest BCUT2D eigenvalue weighted by Gasteiger charge is -2.18. The van der Waals surface area contributed by atoms with Gasteiger partial charge in [-0.3, -0.25) is 14.4 Å². The molecule has 1 heterocycles. The van der Waals surface area contributed by atoms with Gasteiger partial charge in [-0.2, -0.15) is 11.3 Å². The lowest BCUT2D eigenvalue weighted by molar-refractivity contribution is -0.116. The fraction of sp³-hybridized carbons (Fsp3) is 0.0833. The molecule has 0 aliphatic heterocycles. The Kier molecular flexibility index (Phi) is 10.1. The minimum atomic E-state index is -0.494. The van der Waals surface area contributed by atoms with E-state index in [-0.39, 0.29) is 17.5 Å². The molecule has 44 heavy (non-hydrogen) atoms. The maximum absolute atomic E-state index is 13.5. The van der Waals surface area contributed by atoms with E-state index >= 15 is 0 Å². The Morgan fingerprint density at radius 3 is 2.09 bits per heavy atom. The van der Waals surface area contributed by atoms with Crippen LogP contribution >= 0.6 is 23.1 Å². The number of hydrogen-bond donors (Lipinski definition) is 3. The van der Waals surface area contributed by atoms with Gasteiger partial charge in [0.05, 0.1) is 0 Å². The van der Waals surface area contributed by atoms with Crippen LogP contribution in [0.1, 0.15) is 37.9 Å². The van der Waals surface area contributed by atoms with Crippen LogP contribution < -0.4 is 16.0 Å². The SMILES string of the molecule is Cc1ccc(NC(=O)C(Sc2ccc(NC(=O)/C(=C/c3ccsc3)NC(=O)c3ccccc3)cc2)c2ccccc2)cc1C. The summed E-state index contributed by atoms with van der Waals surface area (Å²) in [5, 5.41) is 12.0. The lowest BCUT2D eigenvalue weighted by Crippen LogP contribution is -2.30. The van der Waals surface area contributed by atoms with Crippen molar-refractivity contribution < 1.29 is 14.4 Å². The van der Waals surface area contributed by atoms with Gasteiger partial charge in [-0.25, -0.2) is 0 Å². The normalized spacial score (nSPS) is 11.8. The van der Waals surface area contributed by atoms with Gasteiger partial charge in [0.2, 0.25) is 5.91 Å². The first-order chi connectivity index (χ1) is 21.4. The molecule has 1 unspecified atom stereocenters. The molecule has 5 aromatic rings. The molecule has 0 radical (unpaired) electrons. The minimum absolute atomic E-state index is 0.126. The number of hydrogen-bond acceptors (Lipinski definition) is 5. The number of amides is 3. The topological polar surface area (TPSA) is 87.3 Å². The molecule has 1 atom stereocenters. The van der Waals surface area contributed by atoms with Crippen molar-refractivity contribution in [3.63, 3.8) is 0 Å². The van der Waals surface area contributed by atoms with Crippen LogP contribution in [-0.4, -0.2) is 17.7 Å². The molecule has 4 aromatic carbocycles. The third kappa shape index (κ3) is 8.12. The molecule has 0 aliphatic rings. The minimum Gasteiger partial charge on any atom is -0.325 e. The summed E-state index contributed by atoms with van der Waals surface area (Å²) in [4.78, 5) is 40.5. The van der Waals surface area contributed by atoms with Gasteiger partial charge in [0.15, 0.2) is 0 Å². The van der Waals surface area contributed by atoms with Crippen LogP contribution in [0.25, 0.3) is 6.08 Å². The first-order valence-electron chi connectivity index (χ1n) is 14.0. The molecule has 5 rings (SSSR count). The van der Waals surface area contributed by atoms with Crippen molar-refractivity contribution >= 4 is 58.3 Å². The number of thiophene rings is 1. The van der Waals surface area contributed by atoms with Gasteiger partial charge >= 0.3 is 0 Å². The van der Waals surface area contributed by atoms with Crippen LogP contribution in [0.2, 0.25) is 0 Å². The Morgan fingerprint density at radius 2 is 1.43 bits per heavy atom. The van der Waals surface area contributed by atoms with E-state index in [9.17, 15) is 14.4 Å². The van der Waals surface area contributed by atoms with Crippen LogP contribution in [-0.2, 0) is 9.59 Å². The number of carbonyl (C=O) groups excluding carboxylic acids is 3. The van der Waals surface area contributed by atoms with E-state index in [1.807, 2.05) is 97.4 Å². The summed E-state index contributed by atoms with van der Waals surface area (Å²) >= 11 is 2.93. The number of benzene rings is 4. The fourth-order valence-electron chi connectivity index (χ4n) is 4.35. The molecule has 3 amide bonds. The fourth-order valence-corrected chi connectivity index (χ4v) is 5.99. The van der Waals surface area contributed by atoms with Crippen molar-refractivity contribution in [1.29, 1.82) is 0 Å². The van der Waals surface area contributed by atoms with Gasteiger partial charge in [0.1, 0.15) is 10.9 Å². The van der Waals surface area contributed by atoms with Crippen molar-refractivity contribution in [1.82, 2.24) is 5.32 Å². The zero-order valence-electron chi connectivity index (χ0n) is 24.2. The van der Waals surface area contributed by atoms with Crippen LogP contribution in [0.15, 0.2) is 131 Å². The van der Waals surface area contributed by atoms with Crippen molar-refractivity contribution in [2.45, 2.75) is 24.0 Å². The molecule has 0 saturated heterocycles. The van der Waals surface area contributed by atoms with E-state index in [0.29, 0.717) is 11.3 Å². The van der Waals surface area contributed by atoms with Crippen molar-refractivity contribution in [3.8, 4) is 0 Å². The van der Waals surface area contributed by atoms with E-state index in [1.54, 1.807) is 42.5 Å². The van der Waals surface area contributed by atoms with Crippen LogP contribution in [0, 0.1) is 13.8 Å². The second kappa shape index (κ2) is 14.5. The summed E-state index contributed by atoms with van der Waals surface area (Å²) in [7, 11) is 0. The molecule has 0 bridgehead atoms. The number of anilines is 2. The molecular formula is C36H31N3O3S2. The number of nitrogens with one attached hydrogen (secondary N) is 3. The summed E-state index contributed by atoms with van der Waals surface area (Å²) in [5.74, 6) is -0.949. The van der Waals surface area contributed by atoms with Gasteiger partial charge in [-0.15, -0.1) is 11.8 Å². The molecule has 8 heteroatoms. The predicted molar refractivity (Wildman–Crippen MR) is 181 cm³/mol. The van der Waals surface area contributed by atoms with Gasteiger partial charge in [-0.1, -0.05) is 54.6 Å². The zero-order valence-corrected chi connectivity index (χ0v) is 25.9. The first kappa shape index (κ1) is 30.5. The number of thioether (sulfide) groups is 1. The predicted octanol–water partition coefficient (Wildman–Crippen LogP) is 8.25. The number of aryl methyl sites for hydroxylation is 2. The van der Waals surface area contributed by atoms with Gasteiger partial charge in [-0.05, 0) is 108 Å². The van der Waals surface area contributed by atoms with Crippen LogP contribution in [0.3, 0.4) is 0 Å². The molecule has 0 spiro atoms. The summed E-state index contributed by atoms with van der Waals surface area (Å²) in [5.41, 5.74) is 5.85.